The molecular formula is C15H14F2O3. The minimum Gasteiger partial charge on any atom is -0.497 e. The lowest BCUT2D eigenvalue weighted by molar-refractivity contribution is -0.0498. The van der Waals surface area contributed by atoms with Gasteiger partial charge < -0.3 is 14.6 Å². The van der Waals surface area contributed by atoms with Gasteiger partial charge in [0.05, 0.1) is 13.7 Å². The third-order valence-corrected chi connectivity index (χ3v) is 2.81. The van der Waals surface area contributed by atoms with Crippen LogP contribution in [-0.2, 0) is 6.61 Å². The smallest absolute Gasteiger partial charge is 0.387 e. The number of hydrogen-bond donors (Lipinski definition) is 1. The van der Waals surface area contributed by atoms with E-state index < -0.39 is 6.61 Å². The molecular weight excluding hydrogens is 266 g/mol. The molecule has 2 rings (SSSR count). The number of aliphatic hydroxyl groups is 1. The first-order valence-corrected chi connectivity index (χ1v) is 5.96. The molecule has 2 aromatic rings. The van der Waals surface area contributed by atoms with Crippen molar-refractivity contribution in [2.45, 2.75) is 13.2 Å². The summed E-state index contributed by atoms with van der Waals surface area (Å²) in [5.41, 5.74) is 2.30. The molecule has 0 aromatic heterocycles. The lowest BCUT2D eigenvalue weighted by atomic mass is 10.0. The van der Waals surface area contributed by atoms with E-state index in [-0.39, 0.29) is 12.4 Å². The first-order valence-electron chi connectivity index (χ1n) is 5.96. The number of alkyl halides is 2. The Kier molecular flexibility index (Phi) is 4.53. The molecule has 0 unspecified atom stereocenters. The van der Waals surface area contributed by atoms with Crippen LogP contribution in [0.5, 0.6) is 11.5 Å². The summed E-state index contributed by atoms with van der Waals surface area (Å²) in [6.45, 7) is -2.93. The minimum absolute atomic E-state index is 0.0422. The number of ether oxygens (including phenoxy) is 2. The predicted molar refractivity (Wildman–Crippen MR) is 71.0 cm³/mol. The molecule has 0 atom stereocenters. The molecule has 3 nitrogen and oxygen atoms in total. The van der Waals surface area contributed by atoms with Gasteiger partial charge in [-0.2, -0.15) is 8.78 Å². The summed E-state index contributed by atoms with van der Waals surface area (Å²) in [5, 5.41) is 9.00. The highest BCUT2D eigenvalue weighted by Crippen LogP contribution is 2.30. The molecule has 0 heterocycles. The van der Waals surface area contributed by atoms with E-state index in [4.69, 9.17) is 9.84 Å². The third-order valence-electron chi connectivity index (χ3n) is 2.81. The molecule has 0 bridgehead atoms. The van der Waals surface area contributed by atoms with Crippen LogP contribution in [0.25, 0.3) is 11.1 Å². The zero-order valence-electron chi connectivity index (χ0n) is 10.8. The van der Waals surface area contributed by atoms with Gasteiger partial charge >= 0.3 is 6.61 Å². The average Bonchev–Trinajstić information content (AvgIpc) is 2.46. The van der Waals surface area contributed by atoms with Gasteiger partial charge in [-0.05, 0) is 28.8 Å². The van der Waals surface area contributed by atoms with Gasteiger partial charge in [0, 0.05) is 6.07 Å². The summed E-state index contributed by atoms with van der Waals surface area (Å²) in [5.74, 6) is 0.477. The lowest BCUT2D eigenvalue weighted by Gasteiger charge is -2.10. The minimum atomic E-state index is -2.88. The Hall–Kier alpha value is -2.14. The Labute approximate surface area is 115 Å². The average molecular weight is 280 g/mol. The van der Waals surface area contributed by atoms with Crippen LogP contribution >= 0.6 is 0 Å². The zero-order valence-corrected chi connectivity index (χ0v) is 10.8. The number of aliphatic hydroxyl groups excluding tert-OH is 1. The van der Waals surface area contributed by atoms with Crippen molar-refractivity contribution in [3.8, 4) is 22.6 Å². The molecule has 0 aliphatic carbocycles. The van der Waals surface area contributed by atoms with Gasteiger partial charge in [0.15, 0.2) is 0 Å². The van der Waals surface area contributed by atoms with E-state index in [1.165, 1.54) is 19.2 Å². The number of halogens is 2. The highest BCUT2D eigenvalue weighted by Gasteiger charge is 2.09. The van der Waals surface area contributed by atoms with Crippen molar-refractivity contribution in [3.05, 3.63) is 48.0 Å². The van der Waals surface area contributed by atoms with Crippen molar-refractivity contribution in [1.29, 1.82) is 0 Å². The number of benzene rings is 2. The fourth-order valence-electron chi connectivity index (χ4n) is 1.83. The summed E-state index contributed by atoms with van der Waals surface area (Å²) in [6.07, 6.45) is 0. The van der Waals surface area contributed by atoms with E-state index in [0.29, 0.717) is 11.3 Å². The fourth-order valence-corrected chi connectivity index (χ4v) is 1.83. The second-order valence-corrected chi connectivity index (χ2v) is 4.13. The molecule has 0 saturated carbocycles. The Balaban J connectivity index is 2.38. The van der Waals surface area contributed by atoms with Crippen LogP contribution in [0.15, 0.2) is 42.5 Å². The molecule has 2 aromatic carbocycles. The highest BCUT2D eigenvalue weighted by atomic mass is 19.3. The van der Waals surface area contributed by atoms with Gasteiger partial charge in [-0.25, -0.2) is 0 Å². The van der Waals surface area contributed by atoms with Crippen LogP contribution in [0.2, 0.25) is 0 Å². The molecule has 1 N–H and O–H groups in total. The van der Waals surface area contributed by atoms with E-state index in [1.807, 2.05) is 0 Å². The first-order chi connectivity index (χ1) is 9.62. The van der Waals surface area contributed by atoms with Crippen LogP contribution < -0.4 is 9.47 Å². The first kappa shape index (κ1) is 14.3. The number of rotatable bonds is 5. The van der Waals surface area contributed by atoms with Crippen molar-refractivity contribution in [2.24, 2.45) is 0 Å². The van der Waals surface area contributed by atoms with Gasteiger partial charge in [0.1, 0.15) is 11.5 Å². The van der Waals surface area contributed by atoms with Gasteiger partial charge in [-0.15, -0.1) is 0 Å². The number of hydrogen-bond acceptors (Lipinski definition) is 3. The summed E-state index contributed by atoms with van der Waals surface area (Å²) in [6, 6.07) is 11.8. The topological polar surface area (TPSA) is 38.7 Å². The summed E-state index contributed by atoms with van der Waals surface area (Å²) < 4.78 is 34.1. The standard InChI is InChI=1S/C15H14F2O3/c1-19-13-6-12(7-14(8-13)20-15(16)17)11-4-2-10(9-18)3-5-11/h2-8,15,18H,9H2,1H3. The monoisotopic (exact) mass is 280 g/mol. The maximum atomic E-state index is 12.3. The van der Waals surface area contributed by atoms with Crippen molar-refractivity contribution in [1.82, 2.24) is 0 Å². The van der Waals surface area contributed by atoms with E-state index in [2.05, 4.69) is 4.74 Å². The SMILES string of the molecule is COc1cc(OC(F)F)cc(-c2ccc(CO)cc2)c1. The summed E-state index contributed by atoms with van der Waals surface area (Å²) >= 11 is 0. The van der Waals surface area contributed by atoms with Crippen molar-refractivity contribution < 1.29 is 23.4 Å². The van der Waals surface area contributed by atoms with Crippen LogP contribution in [-0.4, -0.2) is 18.8 Å². The van der Waals surface area contributed by atoms with Gasteiger partial charge in [0.2, 0.25) is 0 Å². The molecule has 0 aliphatic heterocycles. The Bertz CT molecular complexity index is 568. The maximum absolute atomic E-state index is 12.3. The van der Waals surface area contributed by atoms with Crippen LogP contribution in [0.3, 0.4) is 0 Å². The summed E-state index contributed by atoms with van der Waals surface area (Å²) in [7, 11) is 1.46. The van der Waals surface area contributed by atoms with Crippen LogP contribution in [0.1, 0.15) is 5.56 Å². The van der Waals surface area contributed by atoms with Gasteiger partial charge in [0.25, 0.3) is 0 Å². The normalized spacial score (nSPS) is 10.7. The molecule has 0 saturated heterocycles. The molecule has 0 radical (unpaired) electrons. The van der Waals surface area contributed by atoms with E-state index in [1.54, 1.807) is 30.3 Å². The number of methoxy groups -OCH3 is 1. The lowest BCUT2D eigenvalue weighted by Crippen LogP contribution is -2.02. The quantitative estimate of drug-likeness (QED) is 0.911. The Morgan fingerprint density at radius 1 is 1.00 bits per heavy atom. The van der Waals surface area contributed by atoms with Gasteiger partial charge in [-0.1, -0.05) is 24.3 Å². The third kappa shape index (κ3) is 3.45. The van der Waals surface area contributed by atoms with E-state index in [9.17, 15) is 8.78 Å². The van der Waals surface area contributed by atoms with Crippen molar-refractivity contribution >= 4 is 0 Å². The van der Waals surface area contributed by atoms with Crippen molar-refractivity contribution in [2.75, 3.05) is 7.11 Å². The molecule has 0 spiro atoms. The zero-order chi connectivity index (χ0) is 14.5. The molecule has 0 aliphatic rings. The molecule has 5 heteroatoms. The summed E-state index contributed by atoms with van der Waals surface area (Å²) in [4.78, 5) is 0. The Morgan fingerprint density at radius 2 is 1.65 bits per heavy atom. The molecule has 0 amide bonds. The second-order valence-electron chi connectivity index (χ2n) is 4.13. The van der Waals surface area contributed by atoms with Gasteiger partial charge in [-0.3, -0.25) is 0 Å². The predicted octanol–water partition coefficient (Wildman–Crippen LogP) is 3.46. The van der Waals surface area contributed by atoms with Crippen molar-refractivity contribution in [3.63, 3.8) is 0 Å². The molecule has 0 fully saturated rings. The fraction of sp³-hybridized carbons (Fsp3) is 0.200. The van der Waals surface area contributed by atoms with Crippen LogP contribution in [0, 0.1) is 0 Å². The molecule has 20 heavy (non-hydrogen) atoms. The van der Waals surface area contributed by atoms with E-state index >= 15 is 0 Å². The second kappa shape index (κ2) is 6.34. The maximum Gasteiger partial charge on any atom is 0.387 e. The van der Waals surface area contributed by atoms with E-state index in [0.717, 1.165) is 11.1 Å². The Morgan fingerprint density at radius 3 is 2.20 bits per heavy atom. The van der Waals surface area contributed by atoms with Crippen LogP contribution in [0.4, 0.5) is 8.78 Å². The highest BCUT2D eigenvalue weighted by molar-refractivity contribution is 5.67. The largest absolute Gasteiger partial charge is 0.497 e. The molecule has 106 valence electrons.